The molecule has 1 fully saturated rings. The molecule has 0 saturated carbocycles. The molecule has 1 aliphatic heterocycles. The number of aromatic nitrogens is 1. The number of nitrogens with zero attached hydrogens (tertiary/aromatic N) is 3. The first-order chi connectivity index (χ1) is 11.6. The van der Waals surface area contributed by atoms with E-state index in [-0.39, 0.29) is 22.8 Å². The van der Waals surface area contributed by atoms with Crippen molar-refractivity contribution in [3.63, 3.8) is 0 Å². The lowest BCUT2D eigenvalue weighted by Gasteiger charge is -2.29. The quantitative estimate of drug-likeness (QED) is 0.589. The van der Waals surface area contributed by atoms with E-state index in [1.165, 1.54) is 0 Å². The number of thioether (sulfide) groups is 1. The summed E-state index contributed by atoms with van der Waals surface area (Å²) >= 11 is 1.62. The lowest BCUT2D eigenvalue weighted by molar-refractivity contribution is -0.124. The normalized spacial score (nSPS) is 21.6. The molecule has 1 saturated heterocycles. The van der Waals surface area contributed by atoms with Crippen LogP contribution in [0.2, 0.25) is 0 Å². The SMILES string of the molecule is CN(C)CC[N+]1(c2ccccn2)CSC(=Cc2ccccc2)C1=O.Cl. The summed E-state index contributed by atoms with van der Waals surface area (Å²) in [5, 5.41) is 0. The molecule has 0 bridgehead atoms. The number of carbonyl (C=O) groups excluding carboxylic acids is 1. The molecular weight excluding hydrogens is 354 g/mol. The highest BCUT2D eigenvalue weighted by atomic mass is 35.5. The van der Waals surface area contributed by atoms with Crippen LogP contribution in [0.1, 0.15) is 5.56 Å². The van der Waals surface area contributed by atoms with Gasteiger partial charge >= 0.3 is 5.91 Å². The first kappa shape index (κ1) is 19.7. The highest BCUT2D eigenvalue weighted by Gasteiger charge is 2.48. The lowest BCUT2D eigenvalue weighted by atomic mass is 10.2. The third-order valence-electron chi connectivity index (χ3n) is 4.15. The molecule has 0 spiro atoms. The highest BCUT2D eigenvalue weighted by Crippen LogP contribution is 2.39. The molecule has 0 aliphatic carbocycles. The average Bonchev–Trinajstić information content (AvgIpc) is 2.92. The van der Waals surface area contributed by atoms with E-state index in [2.05, 4.69) is 9.88 Å². The van der Waals surface area contributed by atoms with E-state index in [0.717, 1.165) is 29.4 Å². The topological polar surface area (TPSA) is 33.2 Å². The van der Waals surface area contributed by atoms with E-state index in [1.54, 1.807) is 18.0 Å². The first-order valence-corrected chi connectivity index (χ1v) is 8.98. The molecule has 0 N–H and O–H groups in total. The lowest BCUT2D eigenvalue weighted by Crippen LogP contribution is -2.54. The van der Waals surface area contributed by atoms with Gasteiger partial charge in [0.2, 0.25) is 5.82 Å². The van der Waals surface area contributed by atoms with Gasteiger partial charge in [-0.25, -0.2) is 9.78 Å². The minimum Gasteiger partial charge on any atom is -0.304 e. The van der Waals surface area contributed by atoms with Crippen LogP contribution in [0.25, 0.3) is 6.08 Å². The van der Waals surface area contributed by atoms with Crippen molar-refractivity contribution in [1.29, 1.82) is 0 Å². The monoisotopic (exact) mass is 376 g/mol. The van der Waals surface area contributed by atoms with Crippen molar-refractivity contribution in [2.45, 2.75) is 0 Å². The van der Waals surface area contributed by atoms with Crippen molar-refractivity contribution in [2.24, 2.45) is 0 Å². The summed E-state index contributed by atoms with van der Waals surface area (Å²) in [5.74, 6) is 1.67. The molecule has 4 nitrogen and oxygen atoms in total. The molecule has 2 heterocycles. The van der Waals surface area contributed by atoms with Crippen LogP contribution in [0.4, 0.5) is 5.82 Å². The zero-order valence-electron chi connectivity index (χ0n) is 14.5. The van der Waals surface area contributed by atoms with Crippen LogP contribution in [-0.2, 0) is 4.79 Å². The van der Waals surface area contributed by atoms with Gasteiger partial charge in [-0.3, -0.25) is 0 Å². The summed E-state index contributed by atoms with van der Waals surface area (Å²) in [6, 6.07) is 15.8. The van der Waals surface area contributed by atoms with Gasteiger partial charge in [-0.05, 0) is 31.8 Å². The predicted octanol–water partition coefficient (Wildman–Crippen LogP) is 3.64. The fraction of sp³-hybridized carbons (Fsp3) is 0.263. The number of pyridine rings is 1. The minimum absolute atomic E-state index is 0. The molecule has 1 aliphatic rings. The van der Waals surface area contributed by atoms with Gasteiger partial charge in [-0.2, -0.15) is 4.48 Å². The second-order valence-electron chi connectivity index (χ2n) is 6.18. The van der Waals surface area contributed by atoms with Gasteiger partial charge in [0.15, 0.2) is 0 Å². The highest BCUT2D eigenvalue weighted by molar-refractivity contribution is 8.04. The predicted molar refractivity (Wildman–Crippen MR) is 109 cm³/mol. The number of amides is 1. The van der Waals surface area contributed by atoms with Gasteiger partial charge < -0.3 is 4.90 Å². The summed E-state index contributed by atoms with van der Waals surface area (Å²) in [6.07, 6.45) is 3.76. The van der Waals surface area contributed by atoms with Crippen molar-refractivity contribution >= 4 is 42.0 Å². The zero-order chi connectivity index (χ0) is 17.0. The summed E-state index contributed by atoms with van der Waals surface area (Å²) in [5.41, 5.74) is 1.06. The Morgan fingerprint density at radius 2 is 1.88 bits per heavy atom. The molecule has 1 atom stereocenters. The Morgan fingerprint density at radius 3 is 2.52 bits per heavy atom. The van der Waals surface area contributed by atoms with Gasteiger partial charge in [0.25, 0.3) is 0 Å². The standard InChI is InChI=1S/C19H22N3OS.ClH/c1-21(2)12-13-22(18-10-6-7-11-20-18)15-24-17(19(22)23)14-16-8-4-3-5-9-16;/h3-11,14H,12-13,15H2,1-2H3;1H/q+1;. The van der Waals surface area contributed by atoms with E-state index in [4.69, 9.17) is 0 Å². The fourth-order valence-electron chi connectivity index (χ4n) is 2.74. The molecular formula is C19H23ClN3OS+. The number of quaternary nitrogens is 1. The number of hydrogen-bond acceptors (Lipinski definition) is 4. The van der Waals surface area contributed by atoms with Crippen LogP contribution in [0.15, 0.2) is 59.6 Å². The molecule has 6 heteroatoms. The Hall–Kier alpha value is -1.66. The second-order valence-corrected chi connectivity index (χ2v) is 7.17. The first-order valence-electron chi connectivity index (χ1n) is 8.00. The number of likely N-dealkylation sites (N-methyl/N-ethyl adjacent to an activating group) is 1. The Morgan fingerprint density at radius 1 is 1.16 bits per heavy atom. The zero-order valence-corrected chi connectivity index (χ0v) is 16.1. The second kappa shape index (κ2) is 8.63. The molecule has 1 aromatic heterocycles. The smallest absolute Gasteiger partial charge is 0.304 e. The van der Waals surface area contributed by atoms with E-state index >= 15 is 0 Å². The van der Waals surface area contributed by atoms with Crippen LogP contribution >= 0.6 is 24.2 Å². The maximum Gasteiger partial charge on any atom is 0.359 e. The molecule has 3 rings (SSSR count). The van der Waals surface area contributed by atoms with Crippen LogP contribution in [0.5, 0.6) is 0 Å². The largest absolute Gasteiger partial charge is 0.359 e. The minimum atomic E-state index is 0. The van der Waals surface area contributed by atoms with Crippen molar-refractivity contribution in [1.82, 2.24) is 14.4 Å². The van der Waals surface area contributed by atoms with E-state index in [9.17, 15) is 4.79 Å². The number of hydrogen-bond donors (Lipinski definition) is 0. The Kier molecular flexibility index (Phi) is 6.79. The molecule has 0 radical (unpaired) electrons. The molecule has 2 aromatic rings. The summed E-state index contributed by atoms with van der Waals surface area (Å²) < 4.78 is 0.280. The Balaban J connectivity index is 0.00000225. The van der Waals surface area contributed by atoms with Crippen molar-refractivity contribution < 1.29 is 4.79 Å². The van der Waals surface area contributed by atoms with Gasteiger partial charge in [0, 0.05) is 18.8 Å². The average molecular weight is 377 g/mol. The molecule has 1 unspecified atom stereocenters. The maximum absolute atomic E-state index is 13.3. The van der Waals surface area contributed by atoms with E-state index < -0.39 is 0 Å². The van der Waals surface area contributed by atoms with Crippen LogP contribution < -0.4 is 4.48 Å². The number of carbonyl (C=O) groups is 1. The molecule has 132 valence electrons. The third-order valence-corrected chi connectivity index (χ3v) is 5.33. The number of benzene rings is 1. The maximum atomic E-state index is 13.3. The number of halogens is 1. The number of rotatable bonds is 5. The third kappa shape index (κ3) is 4.30. The van der Waals surface area contributed by atoms with Gasteiger partial charge in [0.1, 0.15) is 17.3 Å². The Bertz CT molecular complexity index is 737. The van der Waals surface area contributed by atoms with E-state index in [1.807, 2.05) is 68.7 Å². The van der Waals surface area contributed by atoms with Crippen LogP contribution in [0.3, 0.4) is 0 Å². The van der Waals surface area contributed by atoms with Gasteiger partial charge in [-0.1, -0.05) is 48.2 Å². The van der Waals surface area contributed by atoms with Crippen LogP contribution in [-0.4, -0.2) is 48.9 Å². The molecule has 25 heavy (non-hydrogen) atoms. The summed E-state index contributed by atoms with van der Waals surface area (Å²) in [6.45, 7) is 1.56. The molecule has 1 amide bonds. The van der Waals surface area contributed by atoms with Gasteiger partial charge in [0.05, 0.1) is 0 Å². The summed E-state index contributed by atoms with van der Waals surface area (Å²) in [7, 11) is 4.06. The van der Waals surface area contributed by atoms with E-state index in [0.29, 0.717) is 5.88 Å². The van der Waals surface area contributed by atoms with Crippen LogP contribution in [0, 0.1) is 0 Å². The van der Waals surface area contributed by atoms with Crippen molar-refractivity contribution in [3.05, 3.63) is 65.2 Å². The Labute approximate surface area is 159 Å². The van der Waals surface area contributed by atoms with Crippen molar-refractivity contribution in [2.75, 3.05) is 33.1 Å². The molecule has 1 aromatic carbocycles. The fourth-order valence-corrected chi connectivity index (χ4v) is 4.00. The summed E-state index contributed by atoms with van der Waals surface area (Å²) in [4.78, 5) is 20.7. The van der Waals surface area contributed by atoms with Crippen molar-refractivity contribution in [3.8, 4) is 0 Å². The van der Waals surface area contributed by atoms with Gasteiger partial charge in [-0.15, -0.1) is 12.4 Å².